The van der Waals surface area contributed by atoms with Gasteiger partial charge in [-0.15, -0.1) is 0 Å². The summed E-state index contributed by atoms with van der Waals surface area (Å²) in [6.07, 6.45) is -0.808. The molecule has 1 heterocycles. The monoisotopic (exact) mass is 252 g/mol. The molecule has 1 N–H and O–H groups in total. The van der Waals surface area contributed by atoms with Crippen LogP contribution in [0.25, 0.3) is 0 Å². The summed E-state index contributed by atoms with van der Waals surface area (Å²) in [6, 6.07) is 4.17. The summed E-state index contributed by atoms with van der Waals surface area (Å²) >= 11 is 0. The van der Waals surface area contributed by atoms with Crippen LogP contribution >= 0.6 is 0 Å². The van der Waals surface area contributed by atoms with Crippen molar-refractivity contribution < 1.29 is 19.6 Å². The average Bonchev–Trinajstić information content (AvgIpc) is 2.67. The van der Waals surface area contributed by atoms with E-state index in [0.29, 0.717) is 5.75 Å². The molecule has 96 valence electrons. The van der Waals surface area contributed by atoms with Gasteiger partial charge in [-0.1, -0.05) is 0 Å². The lowest BCUT2D eigenvalue weighted by Crippen LogP contribution is -2.26. The van der Waals surface area contributed by atoms with Gasteiger partial charge in [-0.2, -0.15) is 0 Å². The number of methoxy groups -OCH3 is 1. The second-order valence-corrected chi connectivity index (χ2v) is 3.97. The Kier molecular flexibility index (Phi) is 3.15. The Morgan fingerprint density at radius 3 is 2.78 bits per heavy atom. The first-order valence-electron chi connectivity index (χ1n) is 5.33. The Hall–Kier alpha value is -2.15. The van der Waals surface area contributed by atoms with Gasteiger partial charge in [0.2, 0.25) is 5.91 Å². The summed E-state index contributed by atoms with van der Waals surface area (Å²) in [5.74, 6) is 0.0867. The van der Waals surface area contributed by atoms with E-state index in [9.17, 15) is 20.0 Å². The van der Waals surface area contributed by atoms with Crippen molar-refractivity contribution in [3.05, 3.63) is 28.3 Å². The highest BCUT2D eigenvalue weighted by molar-refractivity contribution is 5.98. The van der Waals surface area contributed by atoms with Crippen LogP contribution in [0.4, 0.5) is 11.4 Å². The molecule has 1 aromatic rings. The van der Waals surface area contributed by atoms with Crippen molar-refractivity contribution in [1.29, 1.82) is 0 Å². The fourth-order valence-corrected chi connectivity index (χ4v) is 1.92. The second kappa shape index (κ2) is 4.61. The largest absolute Gasteiger partial charge is 0.497 e. The maximum absolute atomic E-state index is 11.7. The third kappa shape index (κ3) is 2.12. The molecule has 1 fully saturated rings. The highest BCUT2D eigenvalue weighted by Crippen LogP contribution is 2.34. The van der Waals surface area contributed by atoms with Gasteiger partial charge in [0.1, 0.15) is 11.4 Å². The van der Waals surface area contributed by atoms with Crippen LogP contribution in [0.5, 0.6) is 5.75 Å². The molecule has 1 aliphatic heterocycles. The van der Waals surface area contributed by atoms with Crippen LogP contribution in [0, 0.1) is 10.1 Å². The van der Waals surface area contributed by atoms with Gasteiger partial charge in [-0.25, -0.2) is 0 Å². The predicted molar refractivity (Wildman–Crippen MR) is 62.6 cm³/mol. The van der Waals surface area contributed by atoms with E-state index in [1.807, 2.05) is 0 Å². The number of aliphatic hydroxyl groups excluding tert-OH is 1. The number of β-amino-alcohol motifs (C(OH)–C–C–N with tert-alkyl or cyclic N) is 1. The molecule has 1 unspecified atom stereocenters. The lowest BCUT2D eigenvalue weighted by Gasteiger charge is -2.16. The average molecular weight is 252 g/mol. The molecular formula is C11H12N2O5. The third-order valence-electron chi connectivity index (χ3n) is 2.77. The van der Waals surface area contributed by atoms with Crippen molar-refractivity contribution in [3.63, 3.8) is 0 Å². The molecule has 1 atom stereocenters. The minimum atomic E-state index is -0.789. The van der Waals surface area contributed by atoms with E-state index in [2.05, 4.69) is 0 Å². The Bertz CT molecular complexity index is 502. The van der Waals surface area contributed by atoms with Crippen LogP contribution in [0.2, 0.25) is 0 Å². The molecule has 18 heavy (non-hydrogen) atoms. The molecule has 1 amide bonds. The number of benzene rings is 1. The minimum absolute atomic E-state index is 0.0195. The van der Waals surface area contributed by atoms with Gasteiger partial charge in [0.05, 0.1) is 31.1 Å². The van der Waals surface area contributed by atoms with E-state index in [4.69, 9.17) is 4.74 Å². The molecule has 0 aromatic heterocycles. The zero-order valence-electron chi connectivity index (χ0n) is 9.70. The smallest absolute Gasteiger partial charge is 0.293 e. The lowest BCUT2D eigenvalue weighted by molar-refractivity contribution is -0.384. The molecule has 1 aliphatic rings. The Labute approximate surface area is 103 Å². The quantitative estimate of drug-likeness (QED) is 0.631. The maximum Gasteiger partial charge on any atom is 0.293 e. The lowest BCUT2D eigenvalue weighted by atomic mass is 10.2. The summed E-state index contributed by atoms with van der Waals surface area (Å²) in [5.41, 5.74) is -0.0286. The van der Waals surface area contributed by atoms with E-state index in [0.717, 1.165) is 0 Å². The number of carbonyl (C=O) groups is 1. The number of nitrogens with zero attached hydrogens (tertiary/aromatic N) is 2. The van der Waals surface area contributed by atoms with Crippen molar-refractivity contribution in [3.8, 4) is 5.75 Å². The first-order valence-corrected chi connectivity index (χ1v) is 5.33. The van der Waals surface area contributed by atoms with E-state index >= 15 is 0 Å². The molecule has 0 radical (unpaired) electrons. The molecule has 0 spiro atoms. The van der Waals surface area contributed by atoms with E-state index < -0.39 is 11.0 Å². The number of amides is 1. The van der Waals surface area contributed by atoms with Crippen LogP contribution in [-0.4, -0.2) is 35.7 Å². The summed E-state index contributed by atoms with van der Waals surface area (Å²) in [6.45, 7) is 0.0623. The Balaban J connectivity index is 2.47. The highest BCUT2D eigenvalue weighted by Gasteiger charge is 2.33. The van der Waals surface area contributed by atoms with Gasteiger partial charge in [-0.05, 0) is 6.07 Å². The van der Waals surface area contributed by atoms with Crippen LogP contribution < -0.4 is 9.64 Å². The Morgan fingerprint density at radius 2 is 2.28 bits per heavy atom. The molecule has 0 bridgehead atoms. The zero-order chi connectivity index (χ0) is 13.3. The summed E-state index contributed by atoms with van der Waals surface area (Å²) in [5, 5.41) is 20.4. The zero-order valence-corrected chi connectivity index (χ0v) is 9.70. The van der Waals surface area contributed by atoms with Crippen LogP contribution in [0.1, 0.15) is 6.42 Å². The van der Waals surface area contributed by atoms with Gasteiger partial charge in [0.25, 0.3) is 5.69 Å². The molecule has 7 nitrogen and oxygen atoms in total. The van der Waals surface area contributed by atoms with Gasteiger partial charge in [0, 0.05) is 12.1 Å². The number of rotatable bonds is 3. The molecule has 7 heteroatoms. The van der Waals surface area contributed by atoms with Crippen molar-refractivity contribution >= 4 is 17.3 Å². The normalized spacial score (nSPS) is 19.1. The predicted octanol–water partition coefficient (Wildman–Crippen LogP) is 0.701. The first-order chi connectivity index (χ1) is 8.52. The number of ether oxygens (including phenoxy) is 1. The number of nitro groups is 1. The van der Waals surface area contributed by atoms with Gasteiger partial charge < -0.3 is 14.7 Å². The topological polar surface area (TPSA) is 92.9 Å². The fraction of sp³-hybridized carbons (Fsp3) is 0.364. The number of aliphatic hydroxyl groups is 1. The molecule has 2 rings (SSSR count). The summed E-state index contributed by atoms with van der Waals surface area (Å²) < 4.78 is 4.99. The summed E-state index contributed by atoms with van der Waals surface area (Å²) in [4.78, 5) is 23.2. The molecule has 0 aliphatic carbocycles. The highest BCUT2D eigenvalue weighted by atomic mass is 16.6. The maximum atomic E-state index is 11.7. The van der Waals surface area contributed by atoms with Gasteiger partial charge in [-0.3, -0.25) is 14.9 Å². The van der Waals surface area contributed by atoms with E-state index in [1.165, 1.54) is 30.2 Å². The van der Waals surface area contributed by atoms with Crippen molar-refractivity contribution in [2.45, 2.75) is 12.5 Å². The molecular weight excluding hydrogens is 240 g/mol. The molecule has 1 aromatic carbocycles. The van der Waals surface area contributed by atoms with Crippen molar-refractivity contribution in [2.24, 2.45) is 0 Å². The summed E-state index contributed by atoms with van der Waals surface area (Å²) in [7, 11) is 1.44. The van der Waals surface area contributed by atoms with Gasteiger partial charge >= 0.3 is 0 Å². The van der Waals surface area contributed by atoms with E-state index in [1.54, 1.807) is 0 Å². The molecule has 0 saturated carbocycles. The molecule has 1 saturated heterocycles. The number of hydrogen-bond donors (Lipinski definition) is 1. The van der Waals surface area contributed by atoms with Gasteiger partial charge in [0.15, 0.2) is 0 Å². The Morgan fingerprint density at radius 1 is 1.56 bits per heavy atom. The first kappa shape index (κ1) is 12.3. The fourth-order valence-electron chi connectivity index (χ4n) is 1.92. The van der Waals surface area contributed by atoms with Crippen LogP contribution in [0.3, 0.4) is 0 Å². The van der Waals surface area contributed by atoms with E-state index in [-0.39, 0.29) is 30.2 Å². The number of carbonyl (C=O) groups excluding carboxylic acids is 1. The van der Waals surface area contributed by atoms with Crippen molar-refractivity contribution in [1.82, 2.24) is 0 Å². The number of anilines is 1. The van der Waals surface area contributed by atoms with Crippen LogP contribution in [0.15, 0.2) is 18.2 Å². The third-order valence-corrected chi connectivity index (χ3v) is 2.77. The number of hydrogen-bond acceptors (Lipinski definition) is 5. The minimum Gasteiger partial charge on any atom is -0.497 e. The SMILES string of the molecule is COc1ccc([N+](=O)[O-])c(N2CC(O)CC2=O)c1. The standard InChI is InChI=1S/C11H12N2O5/c1-18-8-2-3-9(13(16)17)10(5-8)12-6-7(14)4-11(12)15/h2-3,5,7,14H,4,6H2,1H3. The number of nitro benzene ring substituents is 1. The van der Waals surface area contributed by atoms with Crippen molar-refractivity contribution in [2.75, 3.05) is 18.6 Å². The second-order valence-electron chi connectivity index (χ2n) is 3.97. The van der Waals surface area contributed by atoms with Crippen LogP contribution in [-0.2, 0) is 4.79 Å².